The van der Waals surface area contributed by atoms with E-state index in [9.17, 15) is 9.59 Å². The molecule has 23 heavy (non-hydrogen) atoms. The molecule has 0 fully saturated rings. The minimum atomic E-state index is -0.454. The van der Waals surface area contributed by atoms with E-state index in [0.717, 1.165) is 22.0 Å². The third kappa shape index (κ3) is 4.91. The third-order valence-corrected chi connectivity index (χ3v) is 4.92. The van der Waals surface area contributed by atoms with Gasteiger partial charge in [-0.15, -0.1) is 11.3 Å². The van der Waals surface area contributed by atoms with E-state index in [0.29, 0.717) is 4.88 Å². The van der Waals surface area contributed by atoms with Crippen LogP contribution in [-0.2, 0) is 9.53 Å². The summed E-state index contributed by atoms with van der Waals surface area (Å²) in [6.45, 7) is 3.56. The number of benzene rings is 1. The van der Waals surface area contributed by atoms with Crippen molar-refractivity contribution in [1.29, 1.82) is 0 Å². The molecule has 2 rings (SSSR count). The standard InChI is InChI=1S/C17H18BrNO3S/c1-3-14(12-4-6-13(18)7-5-12)19-15(20)10-22-17(21)16-11(2)8-9-23-16/h4-9,14H,3,10H2,1-2H3,(H,19,20)/t14-/m1/s1. The van der Waals surface area contributed by atoms with Crippen LogP contribution < -0.4 is 5.32 Å². The van der Waals surface area contributed by atoms with Crippen LogP contribution in [0.4, 0.5) is 0 Å². The van der Waals surface area contributed by atoms with Crippen LogP contribution in [0.15, 0.2) is 40.2 Å². The maximum Gasteiger partial charge on any atom is 0.349 e. The second kappa shape index (κ2) is 8.26. The summed E-state index contributed by atoms with van der Waals surface area (Å²) in [4.78, 5) is 24.5. The summed E-state index contributed by atoms with van der Waals surface area (Å²) in [5.74, 6) is -0.758. The summed E-state index contributed by atoms with van der Waals surface area (Å²) in [6, 6.07) is 9.53. The van der Waals surface area contributed by atoms with Crippen LogP contribution in [0.5, 0.6) is 0 Å². The highest BCUT2D eigenvalue weighted by molar-refractivity contribution is 9.10. The van der Waals surface area contributed by atoms with E-state index in [2.05, 4.69) is 21.2 Å². The number of ether oxygens (including phenoxy) is 1. The molecule has 1 aromatic carbocycles. The highest BCUT2D eigenvalue weighted by Crippen LogP contribution is 2.20. The van der Waals surface area contributed by atoms with Crippen molar-refractivity contribution >= 4 is 39.1 Å². The Bertz CT molecular complexity index is 681. The fourth-order valence-corrected chi connectivity index (χ4v) is 3.21. The number of rotatable bonds is 6. The number of thiophene rings is 1. The molecule has 0 unspecified atom stereocenters. The van der Waals surface area contributed by atoms with E-state index in [1.165, 1.54) is 11.3 Å². The normalized spacial score (nSPS) is 11.8. The summed E-state index contributed by atoms with van der Waals surface area (Å²) in [7, 11) is 0. The van der Waals surface area contributed by atoms with Gasteiger partial charge in [0.1, 0.15) is 4.88 Å². The molecule has 1 aromatic heterocycles. The molecule has 0 aliphatic carbocycles. The summed E-state index contributed by atoms with van der Waals surface area (Å²) in [5, 5.41) is 4.72. The van der Waals surface area contributed by atoms with Crippen molar-refractivity contribution in [2.24, 2.45) is 0 Å². The fourth-order valence-electron chi connectivity index (χ4n) is 2.13. The van der Waals surface area contributed by atoms with Crippen molar-refractivity contribution < 1.29 is 14.3 Å². The van der Waals surface area contributed by atoms with Gasteiger partial charge in [-0.25, -0.2) is 4.79 Å². The Kier molecular flexibility index (Phi) is 6.36. The lowest BCUT2D eigenvalue weighted by atomic mass is 10.0. The molecule has 1 amide bonds. The largest absolute Gasteiger partial charge is 0.451 e. The van der Waals surface area contributed by atoms with Gasteiger partial charge in [-0.3, -0.25) is 4.79 Å². The number of esters is 1. The molecular weight excluding hydrogens is 378 g/mol. The highest BCUT2D eigenvalue weighted by atomic mass is 79.9. The van der Waals surface area contributed by atoms with Gasteiger partial charge in [0.2, 0.25) is 0 Å². The zero-order valence-electron chi connectivity index (χ0n) is 13.0. The van der Waals surface area contributed by atoms with Crippen molar-refractivity contribution in [1.82, 2.24) is 5.32 Å². The molecule has 0 aliphatic rings. The Hall–Kier alpha value is -1.66. The van der Waals surface area contributed by atoms with Gasteiger partial charge in [0.05, 0.1) is 6.04 Å². The zero-order valence-corrected chi connectivity index (χ0v) is 15.4. The van der Waals surface area contributed by atoms with Gasteiger partial charge < -0.3 is 10.1 Å². The Labute approximate surface area is 148 Å². The van der Waals surface area contributed by atoms with Crippen LogP contribution in [0.2, 0.25) is 0 Å². The van der Waals surface area contributed by atoms with Crippen molar-refractivity contribution in [3.63, 3.8) is 0 Å². The Morgan fingerprint density at radius 1 is 1.26 bits per heavy atom. The highest BCUT2D eigenvalue weighted by Gasteiger charge is 2.16. The van der Waals surface area contributed by atoms with Gasteiger partial charge in [-0.2, -0.15) is 0 Å². The van der Waals surface area contributed by atoms with E-state index in [1.807, 2.05) is 49.6 Å². The van der Waals surface area contributed by atoms with Crippen molar-refractivity contribution in [2.75, 3.05) is 6.61 Å². The van der Waals surface area contributed by atoms with Gasteiger partial charge >= 0.3 is 5.97 Å². The molecule has 4 nitrogen and oxygen atoms in total. The van der Waals surface area contributed by atoms with Gasteiger partial charge in [-0.05, 0) is 48.1 Å². The van der Waals surface area contributed by atoms with E-state index < -0.39 is 5.97 Å². The topological polar surface area (TPSA) is 55.4 Å². The maximum absolute atomic E-state index is 12.0. The number of hydrogen-bond acceptors (Lipinski definition) is 4. The van der Waals surface area contributed by atoms with E-state index >= 15 is 0 Å². The van der Waals surface area contributed by atoms with Crippen molar-refractivity contribution in [2.45, 2.75) is 26.3 Å². The number of hydrogen-bond donors (Lipinski definition) is 1. The lowest BCUT2D eigenvalue weighted by molar-refractivity contribution is -0.125. The molecule has 1 N–H and O–H groups in total. The van der Waals surface area contributed by atoms with Gasteiger partial charge in [0.15, 0.2) is 6.61 Å². The molecular formula is C17H18BrNO3S. The van der Waals surface area contributed by atoms with Crippen molar-refractivity contribution in [3.05, 3.63) is 56.2 Å². The molecule has 0 aliphatic heterocycles. The van der Waals surface area contributed by atoms with Crippen LogP contribution in [0, 0.1) is 6.92 Å². The molecule has 1 atom stereocenters. The Balaban J connectivity index is 1.89. The summed E-state index contributed by atoms with van der Waals surface area (Å²) >= 11 is 4.70. The van der Waals surface area contributed by atoms with Crippen LogP contribution >= 0.6 is 27.3 Å². The lowest BCUT2D eigenvalue weighted by Gasteiger charge is -2.17. The molecule has 0 saturated carbocycles. The fraction of sp³-hybridized carbons (Fsp3) is 0.294. The predicted octanol–water partition coefficient (Wildman–Crippen LogP) is 4.24. The first kappa shape index (κ1) is 17.7. The number of carbonyl (C=O) groups excluding carboxylic acids is 2. The van der Waals surface area contributed by atoms with Crippen molar-refractivity contribution in [3.8, 4) is 0 Å². The van der Waals surface area contributed by atoms with Crippen LogP contribution in [0.25, 0.3) is 0 Å². The molecule has 0 radical (unpaired) electrons. The van der Waals surface area contributed by atoms with E-state index in [1.54, 1.807) is 0 Å². The van der Waals surface area contributed by atoms with E-state index in [4.69, 9.17) is 4.74 Å². The Morgan fingerprint density at radius 2 is 1.96 bits per heavy atom. The van der Waals surface area contributed by atoms with Crippen LogP contribution in [-0.4, -0.2) is 18.5 Å². The summed E-state index contributed by atoms with van der Waals surface area (Å²) < 4.78 is 6.07. The van der Waals surface area contributed by atoms with E-state index in [-0.39, 0.29) is 18.6 Å². The molecule has 1 heterocycles. The molecule has 122 valence electrons. The molecule has 0 spiro atoms. The first-order chi connectivity index (χ1) is 11.0. The van der Waals surface area contributed by atoms with Gasteiger partial charge in [-0.1, -0.05) is 35.0 Å². The SMILES string of the molecule is CC[C@@H](NC(=O)COC(=O)c1sccc1C)c1ccc(Br)cc1. The second-order valence-corrected chi connectivity index (χ2v) is 6.92. The zero-order chi connectivity index (χ0) is 16.8. The number of nitrogens with one attached hydrogen (secondary N) is 1. The minimum Gasteiger partial charge on any atom is -0.451 e. The average molecular weight is 396 g/mol. The van der Waals surface area contributed by atoms with Crippen LogP contribution in [0.3, 0.4) is 0 Å². The number of amides is 1. The lowest BCUT2D eigenvalue weighted by Crippen LogP contribution is -2.32. The summed E-state index contributed by atoms with van der Waals surface area (Å²) in [5.41, 5.74) is 1.88. The Morgan fingerprint density at radius 3 is 2.52 bits per heavy atom. The number of halogens is 1. The number of carbonyl (C=O) groups is 2. The van der Waals surface area contributed by atoms with Crippen LogP contribution in [0.1, 0.15) is 40.2 Å². The maximum atomic E-state index is 12.0. The molecule has 0 bridgehead atoms. The average Bonchev–Trinajstić information content (AvgIpc) is 2.97. The molecule has 6 heteroatoms. The summed E-state index contributed by atoms with van der Waals surface area (Å²) in [6.07, 6.45) is 0.755. The first-order valence-corrected chi connectivity index (χ1v) is 8.94. The smallest absolute Gasteiger partial charge is 0.349 e. The first-order valence-electron chi connectivity index (χ1n) is 7.27. The minimum absolute atomic E-state index is 0.0993. The monoisotopic (exact) mass is 395 g/mol. The van der Waals surface area contributed by atoms with Gasteiger partial charge in [0.25, 0.3) is 5.91 Å². The third-order valence-electron chi connectivity index (χ3n) is 3.40. The number of aryl methyl sites for hydroxylation is 1. The second-order valence-electron chi connectivity index (χ2n) is 5.09. The predicted molar refractivity (Wildman–Crippen MR) is 94.7 cm³/mol. The quantitative estimate of drug-likeness (QED) is 0.743. The van der Waals surface area contributed by atoms with Gasteiger partial charge in [0, 0.05) is 4.47 Å². The molecule has 2 aromatic rings. The molecule has 0 saturated heterocycles.